The molecule has 0 atom stereocenters. The molecule has 3 rings (SSSR count). The van der Waals surface area contributed by atoms with Crippen LogP contribution in [0.15, 0.2) is 95.5 Å². The molecule has 3 aromatic carbocycles. The van der Waals surface area contributed by atoms with Crippen molar-refractivity contribution >= 4 is 31.3 Å². The van der Waals surface area contributed by atoms with Gasteiger partial charge in [0.05, 0.1) is 0 Å². The summed E-state index contributed by atoms with van der Waals surface area (Å²) in [4.78, 5) is 12.9. The molecule has 0 saturated carbocycles. The fourth-order valence-electron chi connectivity index (χ4n) is 2.19. The molecule has 0 aliphatic rings. The molecule has 0 N–H and O–H groups in total. The zero-order chi connectivity index (χ0) is 15.9. The van der Waals surface area contributed by atoms with Crippen LogP contribution in [0, 0.1) is 0 Å². The van der Waals surface area contributed by atoms with Crippen LogP contribution in [0.25, 0.3) is 6.08 Å². The Morgan fingerprint density at radius 1 is 0.696 bits per heavy atom. The molecule has 0 saturated heterocycles. The molecule has 3 aromatic rings. The van der Waals surface area contributed by atoms with Gasteiger partial charge in [0.1, 0.15) is 0 Å². The number of hydrogen-bond donors (Lipinski definition) is 0. The maximum absolute atomic E-state index is 12.9. The summed E-state index contributed by atoms with van der Waals surface area (Å²) in [5.74, 6) is 0.110. The second-order valence-corrected chi connectivity index (χ2v) is 7.37. The van der Waals surface area contributed by atoms with Crippen LogP contribution >= 0.6 is 0 Å². The van der Waals surface area contributed by atoms with Gasteiger partial charge in [-0.1, -0.05) is 0 Å². The van der Waals surface area contributed by atoms with E-state index >= 15 is 0 Å². The summed E-state index contributed by atoms with van der Waals surface area (Å²) in [6, 6.07) is 29.7. The number of rotatable bonds is 5. The number of benzene rings is 3. The summed E-state index contributed by atoms with van der Waals surface area (Å²) < 4.78 is 2.06. The van der Waals surface area contributed by atoms with Crippen LogP contribution in [0.2, 0.25) is 0 Å². The molecular weight excluding hydrogens is 347 g/mol. The van der Waals surface area contributed by atoms with Gasteiger partial charge in [0, 0.05) is 0 Å². The van der Waals surface area contributed by atoms with E-state index in [1.807, 2.05) is 84.9 Å². The zero-order valence-corrected chi connectivity index (χ0v) is 14.3. The third-order valence-electron chi connectivity index (χ3n) is 3.33. The third kappa shape index (κ3) is 4.29. The van der Waals surface area contributed by atoms with Crippen molar-refractivity contribution in [2.24, 2.45) is 0 Å². The van der Waals surface area contributed by atoms with E-state index in [4.69, 9.17) is 0 Å². The molecule has 0 fully saturated rings. The standard InChI is InChI=1S/C21H16OSe/c22-21(18-12-6-2-7-13-18)20(16-17-10-4-1-5-11-17)23-19-14-8-3-9-15-19/h1-16H. The Kier molecular flexibility index (Phi) is 5.21. The van der Waals surface area contributed by atoms with Gasteiger partial charge in [0.15, 0.2) is 0 Å². The molecule has 0 aliphatic heterocycles. The summed E-state index contributed by atoms with van der Waals surface area (Å²) in [6.45, 7) is 0. The molecule has 0 spiro atoms. The summed E-state index contributed by atoms with van der Waals surface area (Å²) >= 11 is -0.0238. The Morgan fingerprint density at radius 3 is 1.83 bits per heavy atom. The zero-order valence-electron chi connectivity index (χ0n) is 12.6. The number of hydrogen-bond acceptors (Lipinski definition) is 1. The van der Waals surface area contributed by atoms with E-state index in [-0.39, 0.29) is 20.7 Å². The number of ketones is 1. The van der Waals surface area contributed by atoms with E-state index in [1.165, 1.54) is 4.46 Å². The van der Waals surface area contributed by atoms with Crippen LogP contribution in [-0.4, -0.2) is 20.7 Å². The van der Waals surface area contributed by atoms with Crippen molar-refractivity contribution in [2.75, 3.05) is 0 Å². The van der Waals surface area contributed by atoms with Crippen LogP contribution in [0.1, 0.15) is 15.9 Å². The van der Waals surface area contributed by atoms with Crippen molar-refractivity contribution in [3.63, 3.8) is 0 Å². The predicted molar refractivity (Wildman–Crippen MR) is 97.0 cm³/mol. The van der Waals surface area contributed by atoms with E-state index in [9.17, 15) is 4.79 Å². The normalized spacial score (nSPS) is 11.2. The second kappa shape index (κ2) is 7.73. The van der Waals surface area contributed by atoms with Crippen molar-refractivity contribution in [3.8, 4) is 0 Å². The van der Waals surface area contributed by atoms with E-state index in [0.717, 1.165) is 15.6 Å². The number of Topliss-reactive ketones (excluding diaryl/α,β-unsaturated/α-hetero) is 1. The van der Waals surface area contributed by atoms with Crippen molar-refractivity contribution in [1.82, 2.24) is 0 Å². The minimum atomic E-state index is -0.0238. The average molecular weight is 363 g/mol. The van der Waals surface area contributed by atoms with Crippen LogP contribution in [0.5, 0.6) is 0 Å². The van der Waals surface area contributed by atoms with Gasteiger partial charge in [0.2, 0.25) is 0 Å². The first-order chi connectivity index (χ1) is 11.3. The molecule has 0 aromatic heterocycles. The quantitative estimate of drug-likeness (QED) is 0.381. The molecule has 0 amide bonds. The van der Waals surface area contributed by atoms with Crippen LogP contribution in [-0.2, 0) is 0 Å². The van der Waals surface area contributed by atoms with Gasteiger partial charge < -0.3 is 0 Å². The average Bonchev–Trinajstić information content (AvgIpc) is 2.63. The van der Waals surface area contributed by atoms with Crippen molar-refractivity contribution in [3.05, 3.63) is 107 Å². The first kappa shape index (κ1) is 15.5. The van der Waals surface area contributed by atoms with Crippen LogP contribution in [0.3, 0.4) is 0 Å². The van der Waals surface area contributed by atoms with Crippen molar-refractivity contribution in [1.29, 1.82) is 0 Å². The topological polar surface area (TPSA) is 17.1 Å². The van der Waals surface area contributed by atoms with Gasteiger partial charge in [0.25, 0.3) is 0 Å². The molecule has 2 heteroatoms. The summed E-state index contributed by atoms with van der Waals surface area (Å²) in [6.07, 6.45) is 2.02. The van der Waals surface area contributed by atoms with E-state index in [2.05, 4.69) is 12.1 Å². The fraction of sp³-hybridized carbons (Fsp3) is 0. The number of carbonyl (C=O) groups excluding carboxylic acids is 1. The fourth-order valence-corrected chi connectivity index (χ4v) is 4.19. The van der Waals surface area contributed by atoms with Crippen LogP contribution < -0.4 is 4.46 Å². The molecule has 0 aliphatic carbocycles. The molecule has 112 valence electrons. The van der Waals surface area contributed by atoms with Gasteiger partial charge in [-0.15, -0.1) is 0 Å². The molecule has 0 bridgehead atoms. The second-order valence-electron chi connectivity index (χ2n) is 5.03. The van der Waals surface area contributed by atoms with Gasteiger partial charge in [-0.2, -0.15) is 0 Å². The molecule has 0 unspecified atom stereocenters. The van der Waals surface area contributed by atoms with Gasteiger partial charge in [-0.05, 0) is 0 Å². The Hall–Kier alpha value is -2.41. The van der Waals surface area contributed by atoms with Crippen molar-refractivity contribution in [2.45, 2.75) is 0 Å². The minimum absolute atomic E-state index is 0.0238. The van der Waals surface area contributed by atoms with E-state index in [1.54, 1.807) is 0 Å². The first-order valence-electron chi connectivity index (χ1n) is 7.42. The Balaban J connectivity index is 1.96. The van der Waals surface area contributed by atoms with Gasteiger partial charge in [-0.3, -0.25) is 0 Å². The summed E-state index contributed by atoms with van der Waals surface area (Å²) in [5, 5.41) is 0. The number of allylic oxidation sites excluding steroid dienone is 1. The molecule has 0 radical (unpaired) electrons. The molecule has 23 heavy (non-hydrogen) atoms. The third-order valence-corrected chi connectivity index (χ3v) is 5.49. The SMILES string of the molecule is O=C(C(=Cc1ccccc1)[Se]c1ccccc1)c1ccccc1. The predicted octanol–water partition coefficient (Wildman–Crippen LogP) is 3.94. The van der Waals surface area contributed by atoms with Gasteiger partial charge >= 0.3 is 143 Å². The Morgan fingerprint density at radius 2 is 1.22 bits per heavy atom. The Labute approximate surface area is 142 Å². The summed E-state index contributed by atoms with van der Waals surface area (Å²) in [5.41, 5.74) is 1.80. The number of carbonyl (C=O) groups is 1. The van der Waals surface area contributed by atoms with E-state index in [0.29, 0.717) is 0 Å². The van der Waals surface area contributed by atoms with Crippen LogP contribution in [0.4, 0.5) is 0 Å². The van der Waals surface area contributed by atoms with E-state index < -0.39 is 0 Å². The van der Waals surface area contributed by atoms with Gasteiger partial charge in [-0.25, -0.2) is 0 Å². The maximum atomic E-state index is 12.9. The molecule has 0 heterocycles. The molecule has 1 nitrogen and oxygen atoms in total. The van der Waals surface area contributed by atoms with Crippen molar-refractivity contribution < 1.29 is 4.79 Å². The first-order valence-corrected chi connectivity index (χ1v) is 9.13. The molecular formula is C21H16OSe. The Bertz CT molecular complexity index is 793. The monoisotopic (exact) mass is 364 g/mol. The summed E-state index contributed by atoms with van der Waals surface area (Å²) in [7, 11) is 0.